The van der Waals surface area contributed by atoms with E-state index in [2.05, 4.69) is 5.32 Å². The van der Waals surface area contributed by atoms with Gasteiger partial charge in [0.05, 0.1) is 24.3 Å². The molecule has 0 bridgehead atoms. The zero-order chi connectivity index (χ0) is 14.0. The summed E-state index contributed by atoms with van der Waals surface area (Å²) in [6.07, 6.45) is 0. The number of hydrogen-bond acceptors (Lipinski definition) is 3. The smallest absolute Gasteiger partial charge is 0.256 e. The summed E-state index contributed by atoms with van der Waals surface area (Å²) in [4.78, 5) is 14.6. The minimum atomic E-state index is -0.303. The molecule has 0 atom stereocenters. The van der Waals surface area contributed by atoms with Crippen LogP contribution in [-0.2, 0) is 4.74 Å². The minimum Gasteiger partial charge on any atom is -0.387 e. The van der Waals surface area contributed by atoms with Gasteiger partial charge in [-0.25, -0.2) is 0 Å². The van der Waals surface area contributed by atoms with Crippen LogP contribution in [0.25, 0.3) is 0 Å². The molecule has 2 rings (SSSR count). The predicted octanol–water partition coefficient (Wildman–Crippen LogP) is 2.63. The minimum absolute atomic E-state index is 0.0137. The van der Waals surface area contributed by atoms with Crippen molar-refractivity contribution in [2.45, 2.75) is 19.4 Å². The second kappa shape index (κ2) is 5.39. The van der Waals surface area contributed by atoms with Gasteiger partial charge < -0.3 is 15.0 Å². The molecule has 1 saturated heterocycles. The van der Waals surface area contributed by atoms with Crippen molar-refractivity contribution in [1.29, 1.82) is 0 Å². The van der Waals surface area contributed by atoms with Crippen LogP contribution in [0.4, 0.5) is 5.69 Å². The first-order valence-electron chi connectivity index (χ1n) is 6.33. The molecule has 0 aliphatic carbocycles. The standard InChI is InChI=1S/C14H19ClN2O2/c1-14(2)9-19-7-6-17(14)13(18)11-8-10(15)4-5-12(11)16-3/h4-5,8,16H,6-7,9H2,1-3H3. The maximum Gasteiger partial charge on any atom is 0.256 e. The van der Waals surface area contributed by atoms with Crippen molar-refractivity contribution < 1.29 is 9.53 Å². The Hall–Kier alpha value is -1.26. The lowest BCUT2D eigenvalue weighted by atomic mass is 10.0. The summed E-state index contributed by atoms with van der Waals surface area (Å²) in [5.41, 5.74) is 1.09. The Morgan fingerprint density at radius 2 is 2.21 bits per heavy atom. The van der Waals surface area contributed by atoms with E-state index in [1.54, 1.807) is 19.2 Å². The number of carbonyl (C=O) groups excluding carboxylic acids is 1. The summed E-state index contributed by atoms with van der Waals surface area (Å²) >= 11 is 6.00. The normalized spacial score (nSPS) is 18.2. The molecule has 0 spiro atoms. The first kappa shape index (κ1) is 14.2. The number of ether oxygens (including phenoxy) is 1. The number of hydrogen-bond donors (Lipinski definition) is 1. The largest absolute Gasteiger partial charge is 0.387 e. The topological polar surface area (TPSA) is 41.6 Å². The van der Waals surface area contributed by atoms with Gasteiger partial charge in [-0.3, -0.25) is 4.79 Å². The van der Waals surface area contributed by atoms with Gasteiger partial charge in [0.15, 0.2) is 0 Å². The number of halogens is 1. The third kappa shape index (κ3) is 2.85. The molecule has 1 aromatic rings. The van der Waals surface area contributed by atoms with Crippen molar-refractivity contribution in [2.24, 2.45) is 0 Å². The fraction of sp³-hybridized carbons (Fsp3) is 0.500. The van der Waals surface area contributed by atoms with E-state index in [1.807, 2.05) is 24.8 Å². The fourth-order valence-corrected chi connectivity index (χ4v) is 2.46. The molecule has 0 unspecified atom stereocenters. The van der Waals surface area contributed by atoms with Crippen LogP contribution in [0.2, 0.25) is 5.02 Å². The van der Waals surface area contributed by atoms with Crippen molar-refractivity contribution in [3.63, 3.8) is 0 Å². The summed E-state index contributed by atoms with van der Waals surface area (Å²) in [5.74, 6) is -0.0137. The van der Waals surface area contributed by atoms with Crippen LogP contribution in [0.5, 0.6) is 0 Å². The highest BCUT2D eigenvalue weighted by Crippen LogP contribution is 2.26. The van der Waals surface area contributed by atoms with Crippen molar-refractivity contribution in [1.82, 2.24) is 4.90 Å². The van der Waals surface area contributed by atoms with Crippen molar-refractivity contribution in [3.8, 4) is 0 Å². The van der Waals surface area contributed by atoms with Gasteiger partial charge in [0.25, 0.3) is 5.91 Å². The number of rotatable bonds is 2. The van der Waals surface area contributed by atoms with Gasteiger partial charge in [0, 0.05) is 24.3 Å². The molecule has 1 N–H and O–H groups in total. The van der Waals surface area contributed by atoms with Gasteiger partial charge in [0.2, 0.25) is 0 Å². The van der Waals surface area contributed by atoms with E-state index in [1.165, 1.54) is 0 Å². The molecule has 1 amide bonds. The van der Waals surface area contributed by atoms with Crippen molar-refractivity contribution in [3.05, 3.63) is 28.8 Å². The number of anilines is 1. The molecular weight excluding hydrogens is 264 g/mol. The first-order valence-corrected chi connectivity index (χ1v) is 6.70. The molecule has 1 aliphatic heterocycles. The molecule has 0 radical (unpaired) electrons. The Bertz CT molecular complexity index is 488. The molecular formula is C14H19ClN2O2. The Balaban J connectivity index is 2.35. The van der Waals surface area contributed by atoms with E-state index in [4.69, 9.17) is 16.3 Å². The molecule has 0 saturated carbocycles. The number of nitrogens with one attached hydrogen (secondary N) is 1. The lowest BCUT2D eigenvalue weighted by Gasteiger charge is -2.42. The van der Waals surface area contributed by atoms with E-state index in [0.29, 0.717) is 30.3 Å². The van der Waals surface area contributed by atoms with E-state index in [9.17, 15) is 4.79 Å². The number of benzene rings is 1. The second-order valence-corrected chi connectivity index (χ2v) is 5.70. The summed E-state index contributed by atoms with van der Waals surface area (Å²) in [5, 5.41) is 3.60. The second-order valence-electron chi connectivity index (χ2n) is 5.26. The van der Waals surface area contributed by atoms with E-state index in [-0.39, 0.29) is 11.4 Å². The van der Waals surface area contributed by atoms with Crippen LogP contribution < -0.4 is 5.32 Å². The molecule has 0 aromatic heterocycles. The molecule has 1 aromatic carbocycles. The summed E-state index contributed by atoms with van der Waals surface area (Å²) in [7, 11) is 1.80. The van der Waals surface area contributed by atoms with Gasteiger partial charge in [-0.05, 0) is 32.0 Å². The highest BCUT2D eigenvalue weighted by Gasteiger charge is 2.35. The number of carbonyl (C=O) groups is 1. The Morgan fingerprint density at radius 3 is 2.84 bits per heavy atom. The third-order valence-electron chi connectivity index (χ3n) is 3.37. The molecule has 1 fully saturated rings. The van der Waals surface area contributed by atoms with Gasteiger partial charge in [-0.2, -0.15) is 0 Å². The summed E-state index contributed by atoms with van der Waals surface area (Å²) in [6, 6.07) is 5.30. The van der Waals surface area contributed by atoms with Gasteiger partial charge in [-0.1, -0.05) is 11.6 Å². The molecule has 1 heterocycles. The van der Waals surface area contributed by atoms with Crippen LogP contribution in [-0.4, -0.2) is 43.2 Å². The maximum atomic E-state index is 12.7. The lowest BCUT2D eigenvalue weighted by Crippen LogP contribution is -2.55. The van der Waals surface area contributed by atoms with Crippen LogP contribution in [0.15, 0.2) is 18.2 Å². The van der Waals surface area contributed by atoms with Gasteiger partial charge >= 0.3 is 0 Å². The van der Waals surface area contributed by atoms with E-state index >= 15 is 0 Å². The highest BCUT2D eigenvalue weighted by atomic mass is 35.5. The molecule has 5 heteroatoms. The quantitative estimate of drug-likeness (QED) is 0.907. The van der Waals surface area contributed by atoms with E-state index < -0.39 is 0 Å². The van der Waals surface area contributed by atoms with Gasteiger partial charge in [0.1, 0.15) is 0 Å². The first-order chi connectivity index (χ1) is 8.95. The molecule has 104 valence electrons. The lowest BCUT2D eigenvalue weighted by molar-refractivity contribution is -0.0370. The fourth-order valence-electron chi connectivity index (χ4n) is 2.29. The Labute approximate surface area is 118 Å². The van der Waals surface area contributed by atoms with E-state index in [0.717, 1.165) is 5.69 Å². The average molecular weight is 283 g/mol. The summed E-state index contributed by atoms with van der Waals surface area (Å²) in [6.45, 7) is 5.74. The van der Waals surface area contributed by atoms with Crippen LogP contribution >= 0.6 is 11.6 Å². The number of morpholine rings is 1. The maximum absolute atomic E-state index is 12.7. The molecule has 4 nitrogen and oxygen atoms in total. The van der Waals surface area contributed by atoms with Crippen molar-refractivity contribution >= 4 is 23.2 Å². The molecule has 1 aliphatic rings. The van der Waals surface area contributed by atoms with Crippen LogP contribution in [0, 0.1) is 0 Å². The van der Waals surface area contributed by atoms with Crippen LogP contribution in [0.3, 0.4) is 0 Å². The SMILES string of the molecule is CNc1ccc(Cl)cc1C(=O)N1CCOCC1(C)C. The number of amides is 1. The van der Waals surface area contributed by atoms with Gasteiger partial charge in [-0.15, -0.1) is 0 Å². The zero-order valence-corrected chi connectivity index (χ0v) is 12.3. The number of nitrogens with zero attached hydrogens (tertiary/aromatic N) is 1. The molecule has 19 heavy (non-hydrogen) atoms. The average Bonchev–Trinajstić information content (AvgIpc) is 2.37. The summed E-state index contributed by atoms with van der Waals surface area (Å²) < 4.78 is 5.45. The monoisotopic (exact) mass is 282 g/mol. The highest BCUT2D eigenvalue weighted by molar-refractivity contribution is 6.31. The van der Waals surface area contributed by atoms with Crippen LogP contribution in [0.1, 0.15) is 24.2 Å². The predicted molar refractivity (Wildman–Crippen MR) is 76.9 cm³/mol. The third-order valence-corrected chi connectivity index (χ3v) is 3.61. The Kier molecular flexibility index (Phi) is 4.02. The zero-order valence-electron chi connectivity index (χ0n) is 11.5. The Morgan fingerprint density at radius 1 is 1.47 bits per heavy atom. The van der Waals surface area contributed by atoms with Crippen molar-refractivity contribution in [2.75, 3.05) is 32.1 Å².